The molecule has 6 nitrogen and oxygen atoms in total. The highest BCUT2D eigenvalue weighted by Crippen LogP contribution is 2.20. The molecule has 0 aliphatic carbocycles. The smallest absolute Gasteiger partial charge is 0.255 e. The van der Waals surface area contributed by atoms with Gasteiger partial charge in [-0.3, -0.25) is 9.78 Å². The minimum absolute atomic E-state index is 0.0861. The first-order valence-corrected chi connectivity index (χ1v) is 9.97. The van der Waals surface area contributed by atoms with Gasteiger partial charge >= 0.3 is 0 Å². The van der Waals surface area contributed by atoms with E-state index >= 15 is 0 Å². The summed E-state index contributed by atoms with van der Waals surface area (Å²) in [4.78, 5) is 17.0. The van der Waals surface area contributed by atoms with Crippen LogP contribution in [0.1, 0.15) is 24.2 Å². The van der Waals surface area contributed by atoms with E-state index in [0.29, 0.717) is 5.69 Å². The number of rotatable bonds is 5. The Hall–Kier alpha value is -2.77. The maximum atomic E-state index is 12.6. The van der Waals surface area contributed by atoms with Crippen LogP contribution in [0, 0.1) is 0 Å². The molecule has 0 unspecified atom stereocenters. The van der Waals surface area contributed by atoms with Gasteiger partial charge in [-0.05, 0) is 44.2 Å². The van der Waals surface area contributed by atoms with E-state index in [1.54, 1.807) is 32.2 Å². The van der Waals surface area contributed by atoms with Gasteiger partial charge in [0.25, 0.3) is 5.91 Å². The van der Waals surface area contributed by atoms with Gasteiger partial charge in [0.2, 0.25) is 10.0 Å². The molecule has 140 valence electrons. The summed E-state index contributed by atoms with van der Waals surface area (Å²) in [5, 5.41) is 3.68. The number of hydrogen-bond donors (Lipinski definition) is 1. The van der Waals surface area contributed by atoms with E-state index in [1.165, 1.54) is 23.5 Å². The minimum Gasteiger partial charge on any atom is -0.321 e. The van der Waals surface area contributed by atoms with E-state index in [4.69, 9.17) is 0 Å². The van der Waals surface area contributed by atoms with E-state index < -0.39 is 15.9 Å². The third kappa shape index (κ3) is 3.99. The maximum absolute atomic E-state index is 12.6. The van der Waals surface area contributed by atoms with Crippen molar-refractivity contribution < 1.29 is 13.2 Å². The van der Waals surface area contributed by atoms with Crippen molar-refractivity contribution in [1.29, 1.82) is 0 Å². The zero-order chi connectivity index (χ0) is 19.6. The van der Waals surface area contributed by atoms with Gasteiger partial charge in [-0.25, -0.2) is 8.42 Å². The lowest BCUT2D eigenvalue weighted by Gasteiger charge is -2.21. The summed E-state index contributed by atoms with van der Waals surface area (Å²) in [7, 11) is -2.13. The fraction of sp³-hybridized carbons (Fsp3) is 0.200. The topological polar surface area (TPSA) is 79.4 Å². The fourth-order valence-corrected chi connectivity index (χ4v) is 4.00. The highest BCUT2D eigenvalue weighted by Gasteiger charge is 2.24. The van der Waals surface area contributed by atoms with Crippen molar-refractivity contribution in [2.45, 2.75) is 24.8 Å². The third-order valence-electron chi connectivity index (χ3n) is 4.35. The number of benzene rings is 2. The molecule has 0 fully saturated rings. The van der Waals surface area contributed by atoms with Gasteiger partial charge in [-0.1, -0.05) is 24.3 Å². The van der Waals surface area contributed by atoms with Gasteiger partial charge in [-0.15, -0.1) is 0 Å². The molecule has 0 saturated carbocycles. The number of para-hydroxylation sites is 1. The summed E-state index contributed by atoms with van der Waals surface area (Å²) >= 11 is 0. The van der Waals surface area contributed by atoms with Gasteiger partial charge in [-0.2, -0.15) is 4.31 Å². The van der Waals surface area contributed by atoms with Crippen molar-refractivity contribution in [1.82, 2.24) is 9.29 Å². The average Bonchev–Trinajstić information content (AvgIpc) is 2.67. The largest absolute Gasteiger partial charge is 0.321 e. The van der Waals surface area contributed by atoms with Crippen molar-refractivity contribution in [3.63, 3.8) is 0 Å². The Balaban J connectivity index is 1.87. The van der Waals surface area contributed by atoms with Gasteiger partial charge in [0.05, 0.1) is 22.3 Å². The van der Waals surface area contributed by atoms with Crippen LogP contribution in [-0.2, 0) is 10.0 Å². The second kappa shape index (κ2) is 7.46. The second-order valence-electron chi connectivity index (χ2n) is 6.51. The lowest BCUT2D eigenvalue weighted by Crippen LogP contribution is -2.33. The Kier molecular flexibility index (Phi) is 5.25. The predicted octanol–water partition coefficient (Wildman–Crippen LogP) is 3.52. The first-order chi connectivity index (χ1) is 12.8. The number of anilines is 1. The summed E-state index contributed by atoms with van der Waals surface area (Å²) in [5.41, 5.74) is 1.65. The quantitative estimate of drug-likeness (QED) is 0.731. The number of sulfonamides is 1. The van der Waals surface area contributed by atoms with Crippen LogP contribution in [-0.4, -0.2) is 36.7 Å². The van der Waals surface area contributed by atoms with Crippen LogP contribution in [0.2, 0.25) is 0 Å². The normalized spacial score (nSPS) is 11.9. The number of pyridine rings is 1. The Labute approximate surface area is 158 Å². The third-order valence-corrected chi connectivity index (χ3v) is 6.38. The van der Waals surface area contributed by atoms with Gasteiger partial charge in [0.1, 0.15) is 0 Å². The highest BCUT2D eigenvalue weighted by atomic mass is 32.2. The predicted molar refractivity (Wildman–Crippen MR) is 106 cm³/mol. The zero-order valence-corrected chi connectivity index (χ0v) is 16.2. The molecule has 0 atom stereocenters. The van der Waals surface area contributed by atoms with Crippen molar-refractivity contribution in [3.8, 4) is 0 Å². The molecular formula is C20H21N3O3S. The van der Waals surface area contributed by atoms with Crippen LogP contribution in [0.25, 0.3) is 10.9 Å². The number of hydrogen-bond acceptors (Lipinski definition) is 4. The molecule has 0 radical (unpaired) electrons. The molecule has 1 aromatic heterocycles. The van der Waals surface area contributed by atoms with Gasteiger partial charge in [0.15, 0.2) is 0 Å². The molecule has 7 heteroatoms. The molecular weight excluding hydrogens is 362 g/mol. The molecule has 2 aromatic carbocycles. The molecule has 1 amide bonds. The molecule has 0 aliphatic rings. The highest BCUT2D eigenvalue weighted by molar-refractivity contribution is 7.89. The molecule has 1 heterocycles. The van der Waals surface area contributed by atoms with Crippen molar-refractivity contribution >= 4 is 32.5 Å². The molecule has 27 heavy (non-hydrogen) atoms. The van der Waals surface area contributed by atoms with Crippen LogP contribution in [0.4, 0.5) is 5.69 Å². The molecule has 1 N–H and O–H groups in total. The Morgan fingerprint density at radius 1 is 1.07 bits per heavy atom. The van der Waals surface area contributed by atoms with E-state index in [0.717, 1.165) is 10.9 Å². The number of nitrogens with zero attached hydrogens (tertiary/aromatic N) is 2. The number of nitrogens with one attached hydrogen (secondary N) is 1. The van der Waals surface area contributed by atoms with Crippen molar-refractivity contribution in [3.05, 3.63) is 66.4 Å². The van der Waals surface area contributed by atoms with Crippen LogP contribution in [0.15, 0.2) is 65.7 Å². The van der Waals surface area contributed by atoms with E-state index in [1.807, 2.05) is 30.3 Å². The number of amides is 1. The van der Waals surface area contributed by atoms with E-state index in [9.17, 15) is 13.2 Å². The van der Waals surface area contributed by atoms with Crippen LogP contribution in [0.5, 0.6) is 0 Å². The summed E-state index contributed by atoms with van der Waals surface area (Å²) in [5.74, 6) is -0.392. The first kappa shape index (κ1) is 19.0. The fourth-order valence-electron chi connectivity index (χ4n) is 2.58. The number of aromatic nitrogens is 1. The zero-order valence-electron chi connectivity index (χ0n) is 15.4. The Morgan fingerprint density at radius 3 is 2.56 bits per heavy atom. The number of carbonyl (C=O) groups excluding carboxylic acids is 1. The summed E-state index contributed by atoms with van der Waals surface area (Å²) in [6, 6.07) is 15.3. The Morgan fingerprint density at radius 2 is 1.81 bits per heavy atom. The SMILES string of the molecule is CC(C)N(C)S(=O)(=O)c1cccc(C(=O)Nc2cnc3ccccc3c2)c1. The van der Waals surface area contributed by atoms with Crippen molar-refractivity contribution in [2.24, 2.45) is 0 Å². The molecule has 0 saturated heterocycles. The molecule has 3 aromatic rings. The molecule has 3 rings (SSSR count). The minimum atomic E-state index is -3.65. The van der Waals surface area contributed by atoms with Crippen LogP contribution < -0.4 is 5.32 Å². The maximum Gasteiger partial charge on any atom is 0.255 e. The summed E-state index contributed by atoms with van der Waals surface area (Å²) < 4.78 is 26.5. The van der Waals surface area contributed by atoms with Crippen LogP contribution in [0.3, 0.4) is 0 Å². The summed E-state index contributed by atoms with van der Waals surface area (Å²) in [6.45, 7) is 3.58. The summed E-state index contributed by atoms with van der Waals surface area (Å²) in [6.07, 6.45) is 1.58. The number of fused-ring (bicyclic) bond motifs is 1. The standard InChI is InChI=1S/C20H21N3O3S/c1-14(2)23(3)27(25,26)18-9-6-8-16(12-18)20(24)22-17-11-15-7-4-5-10-19(15)21-13-17/h4-14H,1-3H3,(H,22,24). The average molecular weight is 383 g/mol. The lowest BCUT2D eigenvalue weighted by molar-refractivity contribution is 0.102. The van der Waals surface area contributed by atoms with Crippen LogP contribution >= 0.6 is 0 Å². The molecule has 0 aliphatic heterocycles. The second-order valence-corrected chi connectivity index (χ2v) is 8.51. The van der Waals surface area contributed by atoms with E-state index in [2.05, 4.69) is 10.3 Å². The lowest BCUT2D eigenvalue weighted by atomic mass is 10.2. The Bertz CT molecular complexity index is 1090. The van der Waals surface area contributed by atoms with Gasteiger partial charge < -0.3 is 5.32 Å². The number of carbonyl (C=O) groups is 1. The first-order valence-electron chi connectivity index (χ1n) is 8.53. The van der Waals surface area contributed by atoms with E-state index in [-0.39, 0.29) is 16.5 Å². The monoisotopic (exact) mass is 383 g/mol. The molecule has 0 spiro atoms. The van der Waals surface area contributed by atoms with Crippen molar-refractivity contribution in [2.75, 3.05) is 12.4 Å². The van der Waals surface area contributed by atoms with Gasteiger partial charge in [0, 0.05) is 24.0 Å². The molecule has 0 bridgehead atoms.